The van der Waals surface area contributed by atoms with Crippen molar-refractivity contribution >= 4 is 6.09 Å². The molecule has 1 unspecified atom stereocenters. The van der Waals surface area contributed by atoms with E-state index in [4.69, 9.17) is 19.3 Å². The first-order valence-electron chi connectivity index (χ1n) is 5.64. The van der Waals surface area contributed by atoms with Gasteiger partial charge in [0.25, 0.3) is 0 Å². The van der Waals surface area contributed by atoms with Crippen molar-refractivity contribution in [3.05, 3.63) is 23.8 Å². The van der Waals surface area contributed by atoms with Gasteiger partial charge < -0.3 is 24.6 Å². The zero-order valence-electron chi connectivity index (χ0n) is 10.0. The number of benzene rings is 1. The van der Waals surface area contributed by atoms with Crippen molar-refractivity contribution in [3.8, 4) is 11.5 Å². The molecule has 1 aromatic rings. The van der Waals surface area contributed by atoms with Gasteiger partial charge in [-0.15, -0.1) is 0 Å². The molecule has 6 heteroatoms. The maximum atomic E-state index is 11.3. The number of hydrogen-bond acceptors (Lipinski definition) is 5. The Bertz CT molecular complexity index is 434. The molecule has 0 fully saturated rings. The van der Waals surface area contributed by atoms with Gasteiger partial charge in [-0.1, -0.05) is 6.07 Å². The number of aliphatic hydroxyl groups excluding tert-OH is 1. The zero-order valence-corrected chi connectivity index (χ0v) is 10.0. The van der Waals surface area contributed by atoms with Crippen LogP contribution in [-0.4, -0.2) is 31.2 Å². The van der Waals surface area contributed by atoms with Crippen LogP contribution in [0.25, 0.3) is 0 Å². The maximum absolute atomic E-state index is 11.3. The average Bonchev–Trinajstić information content (AvgIpc) is 2.83. The van der Waals surface area contributed by atoms with Gasteiger partial charge >= 0.3 is 6.09 Å². The van der Waals surface area contributed by atoms with Crippen molar-refractivity contribution in [1.29, 1.82) is 0 Å². The van der Waals surface area contributed by atoms with Crippen LogP contribution in [-0.2, 0) is 4.74 Å². The number of alkyl carbamates (subject to hydrolysis) is 1. The summed E-state index contributed by atoms with van der Waals surface area (Å²) >= 11 is 0. The fraction of sp³-hybridized carbons (Fsp3) is 0.417. The number of aliphatic hydroxyl groups is 1. The van der Waals surface area contributed by atoms with Crippen molar-refractivity contribution in [2.24, 2.45) is 0 Å². The predicted molar refractivity (Wildman–Crippen MR) is 62.5 cm³/mol. The van der Waals surface area contributed by atoms with Crippen LogP contribution in [0.15, 0.2) is 18.2 Å². The molecule has 2 N–H and O–H groups in total. The number of rotatable bonds is 4. The topological polar surface area (TPSA) is 77.0 Å². The minimum absolute atomic E-state index is 0.0142. The highest BCUT2D eigenvalue weighted by Crippen LogP contribution is 2.34. The van der Waals surface area contributed by atoms with Crippen LogP contribution >= 0.6 is 0 Å². The standard InChI is InChI=1S/C12H15NO5/c1-8(13-12(15)16-5-4-14)9-2-3-10-11(6-9)18-7-17-10/h2-3,6,8,14H,4-5,7H2,1H3,(H,13,15). The van der Waals surface area contributed by atoms with E-state index in [1.807, 2.05) is 19.1 Å². The first kappa shape index (κ1) is 12.5. The molecule has 0 radical (unpaired) electrons. The number of hydrogen-bond donors (Lipinski definition) is 2. The smallest absolute Gasteiger partial charge is 0.407 e. The Kier molecular flexibility index (Phi) is 3.88. The lowest BCUT2D eigenvalue weighted by molar-refractivity contribution is 0.116. The van der Waals surface area contributed by atoms with E-state index in [1.54, 1.807) is 6.07 Å². The molecule has 0 bridgehead atoms. The van der Waals surface area contributed by atoms with Crippen molar-refractivity contribution in [2.45, 2.75) is 13.0 Å². The number of nitrogens with one attached hydrogen (secondary N) is 1. The monoisotopic (exact) mass is 253 g/mol. The van der Waals surface area contributed by atoms with Crippen LogP contribution < -0.4 is 14.8 Å². The quantitative estimate of drug-likeness (QED) is 0.843. The Hall–Kier alpha value is -1.95. The summed E-state index contributed by atoms with van der Waals surface area (Å²) < 4.78 is 15.2. The van der Waals surface area contributed by atoms with Gasteiger partial charge in [-0.3, -0.25) is 0 Å². The van der Waals surface area contributed by atoms with Crippen LogP contribution in [0.4, 0.5) is 4.79 Å². The van der Waals surface area contributed by atoms with Gasteiger partial charge in [-0.05, 0) is 24.6 Å². The molecular weight excluding hydrogens is 238 g/mol. The van der Waals surface area contributed by atoms with E-state index in [0.29, 0.717) is 11.5 Å². The van der Waals surface area contributed by atoms with E-state index >= 15 is 0 Å². The molecule has 0 spiro atoms. The fourth-order valence-electron chi connectivity index (χ4n) is 1.62. The third-order valence-electron chi connectivity index (χ3n) is 2.56. The number of carbonyl (C=O) groups is 1. The van der Waals surface area contributed by atoms with E-state index in [9.17, 15) is 4.79 Å². The minimum Gasteiger partial charge on any atom is -0.454 e. The van der Waals surface area contributed by atoms with E-state index in [1.165, 1.54) is 0 Å². The van der Waals surface area contributed by atoms with E-state index in [2.05, 4.69) is 5.32 Å². The van der Waals surface area contributed by atoms with E-state index < -0.39 is 6.09 Å². The van der Waals surface area contributed by atoms with Gasteiger partial charge in [-0.2, -0.15) is 0 Å². The summed E-state index contributed by atoms with van der Waals surface area (Å²) in [6.07, 6.45) is -0.561. The molecule has 1 aromatic carbocycles. The first-order chi connectivity index (χ1) is 8.70. The van der Waals surface area contributed by atoms with E-state index in [-0.39, 0.29) is 26.0 Å². The number of ether oxygens (including phenoxy) is 3. The lowest BCUT2D eigenvalue weighted by Gasteiger charge is -2.14. The van der Waals surface area contributed by atoms with E-state index in [0.717, 1.165) is 5.56 Å². The highest BCUT2D eigenvalue weighted by atomic mass is 16.7. The van der Waals surface area contributed by atoms with Crippen LogP contribution in [0.1, 0.15) is 18.5 Å². The second kappa shape index (κ2) is 5.59. The molecule has 1 aliphatic rings. The lowest BCUT2D eigenvalue weighted by Crippen LogP contribution is -2.28. The number of amides is 1. The normalized spacial score (nSPS) is 14.1. The van der Waals surface area contributed by atoms with Crippen molar-refractivity contribution < 1.29 is 24.1 Å². The third kappa shape index (κ3) is 2.84. The molecule has 1 atom stereocenters. The SMILES string of the molecule is CC(NC(=O)OCCO)c1ccc2c(c1)OCO2. The second-order valence-corrected chi connectivity index (χ2v) is 3.84. The number of fused-ring (bicyclic) bond motifs is 1. The molecule has 1 heterocycles. The molecule has 1 amide bonds. The molecule has 0 saturated heterocycles. The zero-order chi connectivity index (χ0) is 13.0. The van der Waals surface area contributed by atoms with Gasteiger partial charge in [-0.25, -0.2) is 4.79 Å². The summed E-state index contributed by atoms with van der Waals surface area (Å²) in [7, 11) is 0. The highest BCUT2D eigenvalue weighted by molar-refractivity contribution is 5.68. The maximum Gasteiger partial charge on any atom is 0.407 e. The highest BCUT2D eigenvalue weighted by Gasteiger charge is 2.17. The Morgan fingerprint density at radius 2 is 2.28 bits per heavy atom. The molecular formula is C12H15NO5. The van der Waals surface area contributed by atoms with Crippen molar-refractivity contribution in [1.82, 2.24) is 5.32 Å². The largest absolute Gasteiger partial charge is 0.454 e. The van der Waals surface area contributed by atoms with Crippen LogP contribution in [0.2, 0.25) is 0 Å². The molecule has 0 aliphatic carbocycles. The minimum atomic E-state index is -0.561. The second-order valence-electron chi connectivity index (χ2n) is 3.84. The molecule has 2 rings (SSSR count). The van der Waals surface area contributed by atoms with Crippen LogP contribution in [0.5, 0.6) is 11.5 Å². The van der Waals surface area contributed by atoms with Crippen molar-refractivity contribution in [3.63, 3.8) is 0 Å². The summed E-state index contributed by atoms with van der Waals surface area (Å²) in [4.78, 5) is 11.3. The van der Waals surface area contributed by atoms with Gasteiger partial charge in [0.05, 0.1) is 12.6 Å². The van der Waals surface area contributed by atoms with Crippen LogP contribution in [0.3, 0.4) is 0 Å². The summed E-state index contributed by atoms with van der Waals surface area (Å²) in [6, 6.07) is 5.25. The Labute approximate surface area is 104 Å². The predicted octanol–water partition coefficient (Wildman–Crippen LogP) is 1.19. The first-order valence-corrected chi connectivity index (χ1v) is 5.64. The lowest BCUT2D eigenvalue weighted by atomic mass is 10.1. The molecule has 1 aliphatic heterocycles. The van der Waals surface area contributed by atoms with Crippen molar-refractivity contribution in [2.75, 3.05) is 20.0 Å². The third-order valence-corrected chi connectivity index (χ3v) is 2.56. The average molecular weight is 253 g/mol. The molecule has 6 nitrogen and oxygen atoms in total. The molecule has 98 valence electrons. The summed E-state index contributed by atoms with van der Waals surface area (Å²) in [5, 5.41) is 11.2. The van der Waals surface area contributed by atoms with Gasteiger partial charge in [0.1, 0.15) is 6.61 Å². The van der Waals surface area contributed by atoms with Crippen LogP contribution in [0, 0.1) is 0 Å². The molecule has 0 aromatic heterocycles. The van der Waals surface area contributed by atoms with Gasteiger partial charge in [0.15, 0.2) is 11.5 Å². The molecule has 18 heavy (non-hydrogen) atoms. The Morgan fingerprint density at radius 1 is 1.50 bits per heavy atom. The Balaban J connectivity index is 1.96. The summed E-state index contributed by atoms with van der Waals surface area (Å²) in [5.74, 6) is 1.37. The fourth-order valence-corrected chi connectivity index (χ4v) is 1.62. The summed E-state index contributed by atoms with van der Waals surface area (Å²) in [6.45, 7) is 1.85. The Morgan fingerprint density at radius 3 is 3.06 bits per heavy atom. The number of carbonyl (C=O) groups excluding carboxylic acids is 1. The summed E-state index contributed by atoms with van der Waals surface area (Å²) in [5.41, 5.74) is 0.889. The van der Waals surface area contributed by atoms with Gasteiger partial charge in [0, 0.05) is 0 Å². The molecule has 0 saturated carbocycles. The van der Waals surface area contributed by atoms with Gasteiger partial charge in [0.2, 0.25) is 6.79 Å².